The van der Waals surface area contributed by atoms with E-state index in [4.69, 9.17) is 20.7 Å². The highest BCUT2D eigenvalue weighted by Crippen LogP contribution is 2.41. The van der Waals surface area contributed by atoms with Gasteiger partial charge in [0.25, 0.3) is 21.8 Å². The third-order valence-corrected chi connectivity index (χ3v) is 14.3. The molecule has 0 bridgehead atoms. The Morgan fingerprint density at radius 1 is 0.915 bits per heavy atom. The van der Waals surface area contributed by atoms with Crippen LogP contribution in [0.5, 0.6) is 5.75 Å². The third-order valence-electron chi connectivity index (χ3n) is 13.3. The number of nitrogen functional groups attached to an aromatic ring is 1. The number of rotatable bonds is 12. The lowest BCUT2D eigenvalue weighted by Gasteiger charge is -2.44. The van der Waals surface area contributed by atoms with Gasteiger partial charge < -0.3 is 25.6 Å². The number of likely N-dealkylation sites (tertiary alicyclic amines) is 2. The number of ether oxygens (including phenoxy) is 1. The Morgan fingerprint density at radius 3 is 2.38 bits per heavy atom. The first kappa shape index (κ1) is 46.7. The number of carbonyl (C=O) groups is 5. The molecule has 3 aromatic carbocycles. The lowest BCUT2D eigenvalue weighted by Crippen LogP contribution is -2.61. The van der Waals surface area contributed by atoms with E-state index in [0.717, 1.165) is 4.90 Å². The number of aryl methyl sites for hydroxylation is 1. The van der Waals surface area contributed by atoms with Crippen LogP contribution in [0.2, 0.25) is 0 Å². The Balaban J connectivity index is 0.801. The molecule has 6 amide bonds. The molecule has 0 aliphatic carbocycles. The lowest BCUT2D eigenvalue weighted by molar-refractivity contribution is -0.136. The molecule has 3 fully saturated rings. The Morgan fingerprint density at radius 2 is 1.66 bits per heavy atom. The van der Waals surface area contributed by atoms with Gasteiger partial charge in [-0.25, -0.2) is 22.6 Å². The number of piperidine rings is 2. The first-order chi connectivity index (χ1) is 33.9. The molecule has 10 rings (SSSR count). The molecule has 2 unspecified atom stereocenters. The van der Waals surface area contributed by atoms with Crippen molar-refractivity contribution in [1.82, 2.24) is 44.6 Å². The molecule has 3 saturated heterocycles. The van der Waals surface area contributed by atoms with Crippen LogP contribution in [0, 0.1) is 5.82 Å². The summed E-state index contributed by atoms with van der Waals surface area (Å²) in [5, 5.41) is 15.4. The van der Waals surface area contributed by atoms with E-state index in [0.29, 0.717) is 83.6 Å². The van der Waals surface area contributed by atoms with Gasteiger partial charge in [0.15, 0.2) is 0 Å². The number of imide groups is 2. The van der Waals surface area contributed by atoms with Gasteiger partial charge in [0.05, 0.1) is 46.0 Å². The summed E-state index contributed by atoms with van der Waals surface area (Å²) in [6.45, 7) is 3.32. The molecule has 5 N–H and O–H groups in total. The van der Waals surface area contributed by atoms with Crippen LogP contribution in [0.1, 0.15) is 71.0 Å². The summed E-state index contributed by atoms with van der Waals surface area (Å²) in [7, 11) is -3.37. The number of carbonyl (C=O) groups excluding carboxylic acids is 5. The molecular weight excluding hydrogens is 950 g/mol. The van der Waals surface area contributed by atoms with Gasteiger partial charge in [-0.15, -0.1) is 0 Å². The summed E-state index contributed by atoms with van der Waals surface area (Å²) in [6.07, 6.45) is 5.75. The number of aromatic nitrogens is 5. The van der Waals surface area contributed by atoms with Gasteiger partial charge >= 0.3 is 11.8 Å². The van der Waals surface area contributed by atoms with Crippen molar-refractivity contribution in [2.45, 2.75) is 62.6 Å². The van der Waals surface area contributed by atoms with Crippen LogP contribution < -0.4 is 25.8 Å². The molecule has 4 aliphatic rings. The third kappa shape index (κ3) is 8.60. The largest absolute Gasteiger partial charge is 0.484 e. The SMILES string of the molecule is CC(Oc1cc(-c2nn(C)c3c(-c4cnn(C5CCN(C(=O)N6CC(Nc7cccc8c7C(=O)N(C7CCC(=O)NC7=O)C8=O)C6)CC5)c4)cnc(N)c23)ccc1NS(=O)(=O)C(F)F)c1ccc(F)cc1. The van der Waals surface area contributed by atoms with E-state index >= 15 is 0 Å². The maximum absolute atomic E-state index is 13.7. The average molecular weight is 995 g/mol. The second-order valence-electron chi connectivity index (χ2n) is 17.8. The zero-order chi connectivity index (χ0) is 50.0. The molecule has 24 heteroatoms. The number of urea groups is 1. The van der Waals surface area contributed by atoms with Crippen LogP contribution in [0.25, 0.3) is 33.3 Å². The van der Waals surface area contributed by atoms with E-state index < -0.39 is 57.4 Å². The number of benzene rings is 3. The Bertz CT molecular complexity index is 3280. The number of hydrogen-bond acceptors (Lipinski definition) is 13. The standard InChI is InChI=1S/C47H45F3N12O8S/c1-24(25-6-9-28(48)10-7-25)70-36-18-26(8-11-33(36)57-71(68,69)46(49)50)40-39-41(58(2)56-40)32(20-52-42(39)51)27-19-53-61(21-27)30-14-16-59(17-15-30)47(67)60-22-29(23-60)54-34-5-3-4-31-38(34)45(66)62(44(31)65)35-12-13-37(63)55-43(35)64/h3-11,18-21,24,29-30,35,46,54,57H,12-17,22-23H2,1-2H3,(H2,51,52)(H,55,63,64). The van der Waals surface area contributed by atoms with Gasteiger partial charge in [-0.05, 0) is 68.1 Å². The highest BCUT2D eigenvalue weighted by atomic mass is 32.2. The molecule has 71 heavy (non-hydrogen) atoms. The van der Waals surface area contributed by atoms with Gasteiger partial charge in [0, 0.05) is 74.4 Å². The summed E-state index contributed by atoms with van der Waals surface area (Å²) in [6, 6.07) is 13.1. The summed E-state index contributed by atoms with van der Waals surface area (Å²) >= 11 is 0. The highest BCUT2D eigenvalue weighted by molar-refractivity contribution is 7.93. The number of amides is 6. The predicted octanol–water partition coefficient (Wildman–Crippen LogP) is 5.28. The molecule has 368 valence electrons. The maximum Gasteiger partial charge on any atom is 0.355 e. The van der Waals surface area contributed by atoms with Crippen LogP contribution in [-0.4, -0.2) is 121 Å². The fourth-order valence-electron chi connectivity index (χ4n) is 9.57. The number of halogens is 3. The lowest BCUT2D eigenvalue weighted by atomic mass is 10.0. The van der Waals surface area contributed by atoms with E-state index in [-0.39, 0.29) is 59.3 Å². The fourth-order valence-corrected chi connectivity index (χ4v) is 10.1. The first-order valence-corrected chi connectivity index (χ1v) is 24.2. The molecule has 7 heterocycles. The van der Waals surface area contributed by atoms with Crippen molar-refractivity contribution in [3.63, 3.8) is 0 Å². The summed E-state index contributed by atoms with van der Waals surface area (Å²) < 4.78 is 76.7. The average Bonchev–Trinajstić information content (AvgIpc) is 4.03. The van der Waals surface area contributed by atoms with Crippen molar-refractivity contribution in [2.24, 2.45) is 7.05 Å². The highest BCUT2D eigenvalue weighted by Gasteiger charge is 2.46. The van der Waals surface area contributed by atoms with Crippen molar-refractivity contribution < 1.29 is 50.3 Å². The number of fused-ring (bicyclic) bond motifs is 2. The van der Waals surface area contributed by atoms with E-state index in [2.05, 4.69) is 15.6 Å². The second kappa shape index (κ2) is 18.1. The topological polar surface area (TPSA) is 249 Å². The normalized spacial score (nSPS) is 18.2. The first-order valence-electron chi connectivity index (χ1n) is 22.6. The van der Waals surface area contributed by atoms with Crippen LogP contribution >= 0.6 is 0 Å². The van der Waals surface area contributed by atoms with Crippen molar-refractivity contribution in [3.05, 3.63) is 102 Å². The minimum Gasteiger partial charge on any atom is -0.484 e. The zero-order valence-electron chi connectivity index (χ0n) is 38.0. The number of pyridine rings is 1. The summed E-state index contributed by atoms with van der Waals surface area (Å²) in [5.74, 6) is -6.51. The van der Waals surface area contributed by atoms with Gasteiger partial charge in [-0.2, -0.15) is 19.0 Å². The van der Waals surface area contributed by atoms with Gasteiger partial charge in [-0.1, -0.05) is 24.3 Å². The maximum atomic E-state index is 13.7. The molecule has 3 aromatic heterocycles. The number of nitrogens with zero attached hydrogens (tertiary/aromatic N) is 8. The van der Waals surface area contributed by atoms with Crippen molar-refractivity contribution in [3.8, 4) is 28.1 Å². The number of hydrogen-bond donors (Lipinski definition) is 4. The number of sulfonamides is 1. The van der Waals surface area contributed by atoms with Crippen LogP contribution in [0.15, 0.2) is 79.3 Å². The molecule has 2 atom stereocenters. The van der Waals surface area contributed by atoms with E-state index in [1.807, 2.05) is 15.6 Å². The molecule has 6 aromatic rings. The van der Waals surface area contributed by atoms with Crippen LogP contribution in [0.4, 0.5) is 35.2 Å². The number of nitrogens with two attached hydrogens (primary N) is 1. The van der Waals surface area contributed by atoms with Gasteiger partial charge in [0.2, 0.25) is 11.8 Å². The quantitative estimate of drug-likeness (QED) is 0.114. The fraction of sp³-hybridized carbons (Fsp3) is 0.319. The van der Waals surface area contributed by atoms with Crippen molar-refractivity contribution in [1.29, 1.82) is 0 Å². The van der Waals surface area contributed by atoms with Gasteiger partial charge in [-0.3, -0.25) is 43.5 Å². The smallest absolute Gasteiger partial charge is 0.355 e. The molecule has 0 saturated carbocycles. The Labute approximate surface area is 402 Å². The van der Waals surface area contributed by atoms with Gasteiger partial charge in [0.1, 0.15) is 35.2 Å². The van der Waals surface area contributed by atoms with Crippen molar-refractivity contribution in [2.75, 3.05) is 42.0 Å². The number of alkyl halides is 2. The van der Waals surface area contributed by atoms with Crippen molar-refractivity contribution >= 4 is 67.8 Å². The number of nitrogens with one attached hydrogen (secondary N) is 3. The molecule has 0 radical (unpaired) electrons. The zero-order valence-corrected chi connectivity index (χ0v) is 38.8. The van der Waals surface area contributed by atoms with E-state index in [1.54, 1.807) is 53.0 Å². The second-order valence-corrected chi connectivity index (χ2v) is 19.5. The van der Waals surface area contributed by atoms with Crippen LogP contribution in [0.3, 0.4) is 0 Å². The molecule has 0 spiro atoms. The monoisotopic (exact) mass is 994 g/mol. The van der Waals surface area contributed by atoms with Crippen LogP contribution in [-0.2, 0) is 26.7 Å². The molecule has 20 nitrogen and oxygen atoms in total. The molecular formula is C47H45F3N12O8S. The van der Waals surface area contributed by atoms with E-state index in [1.165, 1.54) is 48.5 Å². The summed E-state index contributed by atoms with van der Waals surface area (Å²) in [4.78, 5) is 73.6. The molecule has 4 aliphatic heterocycles. The minimum atomic E-state index is -5.09. The predicted molar refractivity (Wildman–Crippen MR) is 251 cm³/mol. The Kier molecular flexibility index (Phi) is 11.9. The number of anilines is 3. The summed E-state index contributed by atoms with van der Waals surface area (Å²) in [5.41, 5.74) is 10.2. The minimum absolute atomic E-state index is 0.0161. The Hall–Kier alpha value is -8.02. The van der Waals surface area contributed by atoms with E-state index in [9.17, 15) is 45.6 Å².